The summed E-state index contributed by atoms with van der Waals surface area (Å²) in [4.78, 5) is 18.6. The molecule has 1 saturated heterocycles. The van der Waals surface area contributed by atoms with Crippen LogP contribution in [0.15, 0.2) is 53.1 Å². The number of hydrogen-bond acceptors (Lipinski definition) is 4. The van der Waals surface area contributed by atoms with Gasteiger partial charge in [-0.2, -0.15) is 4.98 Å². The van der Waals surface area contributed by atoms with Crippen molar-refractivity contribution < 1.29 is 18.1 Å². The van der Waals surface area contributed by atoms with Crippen LogP contribution in [-0.2, 0) is 13.0 Å². The summed E-state index contributed by atoms with van der Waals surface area (Å²) in [6.07, 6.45) is 2.35. The summed E-state index contributed by atoms with van der Waals surface area (Å²) in [6, 6.07) is 12.2. The van der Waals surface area contributed by atoms with Crippen LogP contribution in [0.3, 0.4) is 0 Å². The molecule has 2 heterocycles. The lowest BCUT2D eigenvalue weighted by atomic mass is 9.95. The second kappa shape index (κ2) is 9.02. The summed E-state index contributed by atoms with van der Waals surface area (Å²) in [5.74, 6) is 0.151. The third-order valence-corrected chi connectivity index (χ3v) is 5.21. The molecule has 1 aromatic heterocycles. The largest absolute Gasteiger partial charge is 0.339 e. The van der Waals surface area contributed by atoms with E-state index in [4.69, 9.17) is 4.52 Å². The zero-order valence-electron chi connectivity index (χ0n) is 16.4. The Morgan fingerprint density at radius 3 is 2.77 bits per heavy atom. The van der Waals surface area contributed by atoms with Crippen molar-refractivity contribution in [3.8, 4) is 11.4 Å². The monoisotopic (exact) mass is 412 g/mol. The Balaban J connectivity index is 1.32. The van der Waals surface area contributed by atoms with Crippen molar-refractivity contribution in [3.05, 3.63) is 71.6 Å². The van der Waals surface area contributed by atoms with Crippen molar-refractivity contribution in [2.24, 2.45) is 5.92 Å². The molecule has 0 saturated carbocycles. The number of piperidine rings is 1. The molecule has 0 radical (unpaired) electrons. The highest BCUT2D eigenvalue weighted by atomic mass is 19.1. The van der Waals surface area contributed by atoms with E-state index in [1.54, 1.807) is 35.2 Å². The molecule has 4 rings (SSSR count). The van der Waals surface area contributed by atoms with Crippen LogP contribution in [0, 0.1) is 17.6 Å². The number of aromatic nitrogens is 2. The van der Waals surface area contributed by atoms with Crippen LogP contribution in [-0.4, -0.2) is 34.2 Å². The summed E-state index contributed by atoms with van der Waals surface area (Å²) >= 11 is 0. The minimum atomic E-state index is -0.397. The quantitative estimate of drug-likeness (QED) is 0.683. The number of carbonyl (C=O) groups is 1. The van der Waals surface area contributed by atoms with Gasteiger partial charge < -0.3 is 14.7 Å². The summed E-state index contributed by atoms with van der Waals surface area (Å²) in [6.45, 7) is 1.60. The number of hydrogen-bond donors (Lipinski definition) is 1. The molecule has 1 atom stereocenters. The van der Waals surface area contributed by atoms with Crippen LogP contribution in [0.4, 0.5) is 13.6 Å². The molecule has 0 spiro atoms. The molecule has 1 aliphatic heterocycles. The number of halogens is 2. The van der Waals surface area contributed by atoms with Gasteiger partial charge in [-0.1, -0.05) is 29.4 Å². The van der Waals surface area contributed by atoms with Gasteiger partial charge in [0.05, 0.1) is 5.56 Å². The van der Waals surface area contributed by atoms with E-state index < -0.39 is 5.82 Å². The molecule has 30 heavy (non-hydrogen) atoms. The SMILES string of the molecule is O=C(NCc1ccc(F)cc1)N1CCCC(Cc2nc(-c3ccccc3F)no2)C1. The highest BCUT2D eigenvalue weighted by Gasteiger charge is 2.25. The molecule has 6 nitrogen and oxygen atoms in total. The van der Waals surface area contributed by atoms with E-state index in [0.717, 1.165) is 18.4 Å². The van der Waals surface area contributed by atoms with Gasteiger partial charge in [0.2, 0.25) is 11.7 Å². The fraction of sp³-hybridized carbons (Fsp3) is 0.318. The van der Waals surface area contributed by atoms with Gasteiger partial charge in [0.25, 0.3) is 0 Å². The number of amides is 2. The first-order valence-electron chi connectivity index (χ1n) is 9.93. The van der Waals surface area contributed by atoms with Crippen molar-refractivity contribution in [1.82, 2.24) is 20.4 Å². The van der Waals surface area contributed by atoms with E-state index >= 15 is 0 Å². The number of rotatable bonds is 5. The van der Waals surface area contributed by atoms with Crippen molar-refractivity contribution in [2.75, 3.05) is 13.1 Å². The predicted molar refractivity (Wildman–Crippen MR) is 106 cm³/mol. The number of nitrogens with one attached hydrogen (secondary N) is 1. The first-order chi connectivity index (χ1) is 14.6. The van der Waals surface area contributed by atoms with Crippen molar-refractivity contribution in [3.63, 3.8) is 0 Å². The van der Waals surface area contributed by atoms with E-state index in [1.807, 2.05) is 0 Å². The minimum Gasteiger partial charge on any atom is -0.339 e. The molecule has 2 aromatic carbocycles. The minimum absolute atomic E-state index is 0.151. The average Bonchev–Trinajstić information content (AvgIpc) is 3.22. The lowest BCUT2D eigenvalue weighted by molar-refractivity contribution is 0.161. The first kappa shape index (κ1) is 20.0. The maximum Gasteiger partial charge on any atom is 0.317 e. The smallest absolute Gasteiger partial charge is 0.317 e. The second-order valence-electron chi connectivity index (χ2n) is 7.44. The zero-order chi connectivity index (χ0) is 20.9. The van der Waals surface area contributed by atoms with Crippen LogP contribution in [0.25, 0.3) is 11.4 Å². The van der Waals surface area contributed by atoms with Gasteiger partial charge in [-0.05, 0) is 48.6 Å². The third kappa shape index (κ3) is 4.82. The number of likely N-dealkylation sites (tertiary alicyclic amines) is 1. The van der Waals surface area contributed by atoms with E-state index in [2.05, 4.69) is 15.5 Å². The third-order valence-electron chi connectivity index (χ3n) is 5.21. The highest BCUT2D eigenvalue weighted by Crippen LogP contribution is 2.23. The van der Waals surface area contributed by atoms with Gasteiger partial charge >= 0.3 is 6.03 Å². The van der Waals surface area contributed by atoms with Gasteiger partial charge in [0, 0.05) is 26.1 Å². The molecule has 3 aromatic rings. The van der Waals surface area contributed by atoms with Crippen LogP contribution in [0.2, 0.25) is 0 Å². The average molecular weight is 412 g/mol. The Labute approximate surface area is 172 Å². The number of nitrogens with zero attached hydrogens (tertiary/aromatic N) is 3. The van der Waals surface area contributed by atoms with Crippen molar-refractivity contribution >= 4 is 6.03 Å². The summed E-state index contributed by atoms with van der Waals surface area (Å²) in [5, 5.41) is 6.77. The lowest BCUT2D eigenvalue weighted by Crippen LogP contribution is -2.45. The molecular weight excluding hydrogens is 390 g/mol. The summed E-state index contributed by atoms with van der Waals surface area (Å²) < 4.78 is 32.2. The van der Waals surface area contributed by atoms with Crippen LogP contribution >= 0.6 is 0 Å². The standard InChI is InChI=1S/C22H22F2N4O2/c23-17-9-7-15(8-10-17)13-25-22(29)28-11-3-4-16(14-28)12-20-26-21(27-30-20)18-5-1-2-6-19(18)24/h1-2,5-10,16H,3-4,11-14H2,(H,25,29). The topological polar surface area (TPSA) is 71.3 Å². The molecule has 1 fully saturated rings. The Kier molecular flexibility index (Phi) is 6.02. The number of carbonyl (C=O) groups excluding carboxylic acids is 1. The van der Waals surface area contributed by atoms with Crippen LogP contribution in [0.5, 0.6) is 0 Å². The van der Waals surface area contributed by atoms with Crippen LogP contribution < -0.4 is 5.32 Å². The summed E-state index contributed by atoms with van der Waals surface area (Å²) in [5.41, 5.74) is 1.14. The molecule has 8 heteroatoms. The molecule has 1 N–H and O–H groups in total. The fourth-order valence-electron chi connectivity index (χ4n) is 3.64. The van der Waals surface area contributed by atoms with Gasteiger partial charge in [-0.15, -0.1) is 0 Å². The van der Waals surface area contributed by atoms with E-state index in [1.165, 1.54) is 18.2 Å². The first-order valence-corrected chi connectivity index (χ1v) is 9.93. The molecule has 156 valence electrons. The van der Waals surface area contributed by atoms with Gasteiger partial charge in [0.15, 0.2) is 0 Å². The summed E-state index contributed by atoms with van der Waals surface area (Å²) in [7, 11) is 0. The Morgan fingerprint density at radius 1 is 1.17 bits per heavy atom. The Hall–Kier alpha value is -3.29. The van der Waals surface area contributed by atoms with Gasteiger partial charge in [0.1, 0.15) is 11.6 Å². The van der Waals surface area contributed by atoms with E-state index in [0.29, 0.717) is 37.5 Å². The lowest BCUT2D eigenvalue weighted by Gasteiger charge is -2.32. The van der Waals surface area contributed by atoms with Gasteiger partial charge in [-0.3, -0.25) is 0 Å². The molecule has 1 unspecified atom stereocenters. The Morgan fingerprint density at radius 2 is 1.97 bits per heavy atom. The molecular formula is C22H22F2N4O2. The number of benzene rings is 2. The normalized spacial score (nSPS) is 16.5. The van der Waals surface area contributed by atoms with E-state index in [-0.39, 0.29) is 23.6 Å². The maximum absolute atomic E-state index is 13.9. The van der Waals surface area contributed by atoms with Crippen molar-refractivity contribution in [2.45, 2.75) is 25.8 Å². The highest BCUT2D eigenvalue weighted by molar-refractivity contribution is 5.74. The molecule has 0 bridgehead atoms. The van der Waals surface area contributed by atoms with Crippen molar-refractivity contribution in [1.29, 1.82) is 0 Å². The van der Waals surface area contributed by atoms with E-state index in [9.17, 15) is 13.6 Å². The molecule has 1 aliphatic rings. The second-order valence-corrected chi connectivity index (χ2v) is 7.44. The zero-order valence-corrected chi connectivity index (χ0v) is 16.4. The fourth-order valence-corrected chi connectivity index (χ4v) is 3.64. The number of urea groups is 1. The maximum atomic E-state index is 13.9. The Bertz CT molecular complexity index is 1010. The van der Waals surface area contributed by atoms with Crippen LogP contribution in [0.1, 0.15) is 24.3 Å². The molecule has 0 aliphatic carbocycles. The predicted octanol–water partition coefficient (Wildman–Crippen LogP) is 4.18. The van der Waals surface area contributed by atoms with Gasteiger partial charge in [-0.25, -0.2) is 13.6 Å². The molecule has 2 amide bonds.